The Labute approximate surface area is 168 Å². The third kappa shape index (κ3) is 6.06. The van der Waals surface area contributed by atoms with Crippen molar-refractivity contribution in [3.8, 4) is 11.5 Å². The lowest BCUT2D eigenvalue weighted by molar-refractivity contribution is -0.114. The number of rotatable bonds is 8. The molecule has 0 unspecified atom stereocenters. The highest BCUT2D eigenvalue weighted by Gasteiger charge is 2.23. The van der Waals surface area contributed by atoms with Crippen LogP contribution < -0.4 is 20.5 Å². The summed E-state index contributed by atoms with van der Waals surface area (Å²) in [5, 5.41) is 20.1. The van der Waals surface area contributed by atoms with Gasteiger partial charge in [-0.05, 0) is 31.2 Å². The van der Waals surface area contributed by atoms with Crippen LogP contribution in [-0.4, -0.2) is 31.9 Å². The van der Waals surface area contributed by atoms with E-state index < -0.39 is 20.9 Å². The maximum absolute atomic E-state index is 12.1. The molecule has 2 aromatic rings. The van der Waals surface area contributed by atoms with Gasteiger partial charge in [-0.15, -0.1) is 0 Å². The van der Waals surface area contributed by atoms with Crippen LogP contribution >= 0.6 is 0 Å². The molecule has 0 spiro atoms. The molecule has 0 radical (unpaired) electrons. The normalized spacial score (nSPS) is 11.3. The van der Waals surface area contributed by atoms with Crippen molar-refractivity contribution in [3.63, 3.8) is 0 Å². The van der Waals surface area contributed by atoms with E-state index in [1.54, 1.807) is 37.3 Å². The van der Waals surface area contributed by atoms with Gasteiger partial charge in [0, 0.05) is 25.2 Å². The molecule has 0 aliphatic carbocycles. The molecule has 0 saturated heterocycles. The number of sulfonamides is 1. The zero-order valence-electron chi connectivity index (χ0n) is 15.8. The zero-order chi connectivity index (χ0) is 21.6. The summed E-state index contributed by atoms with van der Waals surface area (Å²) in [6.45, 7) is 3.45. The zero-order valence-corrected chi connectivity index (χ0v) is 16.6. The molecule has 5 N–H and O–H groups in total. The minimum atomic E-state index is -4.31. The molecule has 0 fully saturated rings. The molecule has 29 heavy (non-hydrogen) atoms. The first-order valence-corrected chi connectivity index (χ1v) is 10.0. The molecule has 9 nitrogen and oxygen atoms in total. The number of carbonyl (C=O) groups excluding carboxylic acids is 1. The van der Waals surface area contributed by atoms with Crippen LogP contribution in [0.2, 0.25) is 0 Å². The molecule has 0 aliphatic heterocycles. The Bertz CT molecular complexity index is 1060. The second-order valence-corrected chi connectivity index (χ2v) is 7.49. The lowest BCUT2D eigenvalue weighted by atomic mass is 10.1. The molecular formula is C19H21N3O6S. The van der Waals surface area contributed by atoms with Crippen LogP contribution in [0.3, 0.4) is 0 Å². The lowest BCUT2D eigenvalue weighted by Crippen LogP contribution is -2.16. The number of hydrogen-bond acceptors (Lipinski definition) is 6. The topological polar surface area (TPSA) is 148 Å². The van der Waals surface area contributed by atoms with Gasteiger partial charge in [0.25, 0.3) is 0 Å². The highest BCUT2D eigenvalue weighted by atomic mass is 32.2. The van der Waals surface area contributed by atoms with Gasteiger partial charge >= 0.3 is 5.97 Å². The summed E-state index contributed by atoms with van der Waals surface area (Å²) in [6.07, 6.45) is 3.53. The monoisotopic (exact) mass is 419 g/mol. The van der Waals surface area contributed by atoms with Gasteiger partial charge in [-0.1, -0.05) is 18.2 Å². The standard InChI is InChI=1S/C19H21N3O6S/c1-3-4-8-21-16-9-13(19(24)25)10-17(29(20,26)27)18(16)28-15-7-5-6-14(11-15)22-12(2)23/h3-7,9-11,21H,8H2,1-2H3,(H,22,23)(H,24,25)(H2,20,26,27). The van der Waals surface area contributed by atoms with E-state index in [1.807, 2.05) is 0 Å². The largest absolute Gasteiger partial charge is 0.478 e. The van der Waals surface area contributed by atoms with Gasteiger partial charge in [0.2, 0.25) is 15.9 Å². The molecular weight excluding hydrogens is 398 g/mol. The summed E-state index contributed by atoms with van der Waals surface area (Å²) < 4.78 is 30.0. The lowest BCUT2D eigenvalue weighted by Gasteiger charge is -2.17. The summed E-state index contributed by atoms with van der Waals surface area (Å²) in [5.74, 6) is -1.53. The first-order valence-electron chi connectivity index (χ1n) is 8.46. The highest BCUT2D eigenvalue weighted by Crippen LogP contribution is 2.37. The van der Waals surface area contributed by atoms with Crippen LogP contribution in [0.15, 0.2) is 53.4 Å². The van der Waals surface area contributed by atoms with E-state index in [0.717, 1.165) is 6.07 Å². The van der Waals surface area contributed by atoms with Crippen LogP contribution in [0.4, 0.5) is 11.4 Å². The number of carboxylic acid groups (broad SMARTS) is 1. The fourth-order valence-corrected chi connectivity index (χ4v) is 3.12. The predicted octanol–water partition coefficient (Wildman–Crippen LogP) is 2.77. The Morgan fingerprint density at radius 2 is 1.97 bits per heavy atom. The average Bonchev–Trinajstić information content (AvgIpc) is 2.61. The minimum Gasteiger partial charge on any atom is -0.478 e. The minimum absolute atomic E-state index is 0.136. The van der Waals surface area contributed by atoms with Crippen molar-refractivity contribution in [1.82, 2.24) is 0 Å². The van der Waals surface area contributed by atoms with Gasteiger partial charge in [-0.2, -0.15) is 0 Å². The molecule has 0 atom stereocenters. The van der Waals surface area contributed by atoms with E-state index in [9.17, 15) is 23.1 Å². The number of aromatic carboxylic acids is 1. The second-order valence-electron chi connectivity index (χ2n) is 5.96. The van der Waals surface area contributed by atoms with Crippen molar-refractivity contribution in [2.75, 3.05) is 17.2 Å². The van der Waals surface area contributed by atoms with Crippen LogP contribution in [0, 0.1) is 0 Å². The molecule has 2 aromatic carbocycles. The Hall–Kier alpha value is -3.37. The number of ether oxygens (including phenoxy) is 1. The summed E-state index contributed by atoms with van der Waals surface area (Å²) in [4.78, 5) is 22.2. The third-order valence-corrected chi connectivity index (χ3v) is 4.55. The maximum Gasteiger partial charge on any atom is 0.335 e. The molecule has 1 amide bonds. The van der Waals surface area contributed by atoms with E-state index in [4.69, 9.17) is 9.88 Å². The molecule has 0 saturated carbocycles. The predicted molar refractivity (Wildman–Crippen MR) is 109 cm³/mol. The number of hydrogen-bond donors (Lipinski definition) is 4. The van der Waals surface area contributed by atoms with Gasteiger partial charge < -0.3 is 20.5 Å². The molecule has 10 heteroatoms. The quantitative estimate of drug-likeness (QED) is 0.481. The number of carbonyl (C=O) groups is 2. The number of allylic oxidation sites excluding steroid dienone is 1. The summed E-state index contributed by atoms with van der Waals surface area (Å²) >= 11 is 0. The number of primary sulfonamides is 1. The van der Waals surface area contributed by atoms with Crippen LogP contribution in [0.5, 0.6) is 11.5 Å². The van der Waals surface area contributed by atoms with Crippen molar-refractivity contribution in [2.24, 2.45) is 5.14 Å². The van der Waals surface area contributed by atoms with Crippen molar-refractivity contribution in [3.05, 3.63) is 54.1 Å². The number of nitrogens with one attached hydrogen (secondary N) is 2. The summed E-state index contributed by atoms with van der Waals surface area (Å²) in [6, 6.07) is 8.48. The van der Waals surface area contributed by atoms with Crippen molar-refractivity contribution < 1.29 is 27.9 Å². The van der Waals surface area contributed by atoms with Gasteiger partial charge in [0.05, 0.1) is 11.3 Å². The summed E-state index contributed by atoms with van der Waals surface area (Å²) in [7, 11) is -4.31. The molecule has 2 rings (SSSR count). The fourth-order valence-electron chi connectivity index (χ4n) is 2.42. The number of amides is 1. The Morgan fingerprint density at radius 1 is 1.24 bits per heavy atom. The van der Waals surface area contributed by atoms with Gasteiger partial charge in [0.15, 0.2) is 5.75 Å². The van der Waals surface area contributed by atoms with Crippen molar-refractivity contribution >= 4 is 33.3 Å². The highest BCUT2D eigenvalue weighted by molar-refractivity contribution is 7.89. The fraction of sp³-hybridized carbons (Fsp3) is 0.158. The van der Waals surface area contributed by atoms with Crippen LogP contribution in [-0.2, 0) is 14.8 Å². The van der Waals surface area contributed by atoms with Crippen LogP contribution in [0.1, 0.15) is 24.2 Å². The smallest absolute Gasteiger partial charge is 0.335 e. The number of anilines is 2. The summed E-state index contributed by atoms with van der Waals surface area (Å²) in [5.41, 5.74) is 0.311. The average molecular weight is 419 g/mol. The van der Waals surface area contributed by atoms with E-state index in [2.05, 4.69) is 10.6 Å². The molecule has 0 bridgehead atoms. The Balaban J connectivity index is 2.60. The van der Waals surface area contributed by atoms with E-state index in [-0.39, 0.29) is 28.7 Å². The van der Waals surface area contributed by atoms with Crippen LogP contribution in [0.25, 0.3) is 0 Å². The van der Waals surface area contributed by atoms with Gasteiger partial charge in [-0.3, -0.25) is 4.79 Å². The number of nitrogens with two attached hydrogens (primary N) is 1. The maximum atomic E-state index is 12.1. The number of carboxylic acids is 1. The van der Waals surface area contributed by atoms with Gasteiger partial charge in [-0.25, -0.2) is 18.4 Å². The first kappa shape index (κ1) is 21.9. The van der Waals surface area contributed by atoms with Crippen molar-refractivity contribution in [2.45, 2.75) is 18.7 Å². The Morgan fingerprint density at radius 3 is 2.55 bits per heavy atom. The number of benzene rings is 2. The Kier molecular flexibility index (Phi) is 6.97. The first-order chi connectivity index (χ1) is 13.6. The molecule has 0 aliphatic rings. The molecule has 0 aromatic heterocycles. The van der Waals surface area contributed by atoms with E-state index >= 15 is 0 Å². The van der Waals surface area contributed by atoms with Crippen molar-refractivity contribution in [1.29, 1.82) is 0 Å². The second kappa shape index (κ2) is 9.22. The SMILES string of the molecule is CC=CCNc1cc(C(=O)O)cc(S(N)(=O)=O)c1Oc1cccc(NC(C)=O)c1. The van der Waals surface area contributed by atoms with E-state index in [1.165, 1.54) is 19.1 Å². The third-order valence-electron chi connectivity index (χ3n) is 3.63. The molecule has 0 heterocycles. The van der Waals surface area contributed by atoms with E-state index in [0.29, 0.717) is 12.2 Å². The molecule has 154 valence electrons. The van der Waals surface area contributed by atoms with Gasteiger partial charge in [0.1, 0.15) is 10.6 Å².